The smallest absolute Gasteiger partial charge is 0.314 e. The lowest BCUT2D eigenvalue weighted by molar-refractivity contribution is -0.136. The highest BCUT2D eigenvalue weighted by Gasteiger charge is 2.23. The highest BCUT2D eigenvalue weighted by atomic mass is 32.2. The molecule has 0 aromatic carbocycles. The number of carbonyl (C=O) groups is 2. The van der Waals surface area contributed by atoms with Crippen LogP contribution < -0.4 is 10.6 Å². The van der Waals surface area contributed by atoms with Gasteiger partial charge in [-0.05, 0) is 25.4 Å². The molecule has 0 saturated carbocycles. The van der Waals surface area contributed by atoms with E-state index in [-0.39, 0.29) is 12.4 Å². The van der Waals surface area contributed by atoms with Gasteiger partial charge in [0.15, 0.2) is 5.82 Å². The zero-order chi connectivity index (χ0) is 14.3. The molecule has 1 unspecified atom stereocenters. The van der Waals surface area contributed by atoms with Crippen LogP contribution in [0.25, 0.3) is 0 Å². The van der Waals surface area contributed by atoms with E-state index in [1.165, 1.54) is 12.3 Å². The molecule has 0 radical (unpaired) electrons. The number of nitrogens with zero attached hydrogens (tertiary/aromatic N) is 1. The Bertz CT molecular complexity index is 420. The number of thioether (sulfide) groups is 1. The quantitative estimate of drug-likeness (QED) is 0.647. The van der Waals surface area contributed by atoms with Crippen molar-refractivity contribution in [3.8, 4) is 0 Å². The molecule has 0 spiro atoms. The van der Waals surface area contributed by atoms with Crippen molar-refractivity contribution in [3.63, 3.8) is 0 Å². The summed E-state index contributed by atoms with van der Waals surface area (Å²) in [6, 6.07) is 1.42. The number of anilines is 1. The van der Waals surface area contributed by atoms with Crippen LogP contribution in [0.2, 0.25) is 0 Å². The molecule has 1 aromatic rings. The van der Waals surface area contributed by atoms with E-state index in [0.717, 1.165) is 5.75 Å². The SMILES string of the molecule is CSCCC(C)(O)CNC(=O)C(=O)Nc1ccon1. The molecular weight excluding hydrogens is 270 g/mol. The maximum atomic E-state index is 11.5. The molecule has 106 valence electrons. The molecule has 0 fully saturated rings. The summed E-state index contributed by atoms with van der Waals surface area (Å²) >= 11 is 1.60. The molecule has 7 nitrogen and oxygen atoms in total. The van der Waals surface area contributed by atoms with E-state index >= 15 is 0 Å². The van der Waals surface area contributed by atoms with Gasteiger partial charge < -0.3 is 14.9 Å². The minimum absolute atomic E-state index is 0.0125. The predicted octanol–water partition coefficient (Wildman–Crippen LogP) is 0.233. The molecule has 2 amide bonds. The lowest BCUT2D eigenvalue weighted by Crippen LogP contribution is -2.44. The Morgan fingerprint density at radius 2 is 2.26 bits per heavy atom. The fraction of sp³-hybridized carbons (Fsp3) is 0.545. The highest BCUT2D eigenvalue weighted by molar-refractivity contribution is 7.98. The number of hydrogen-bond donors (Lipinski definition) is 3. The first-order valence-corrected chi connectivity index (χ1v) is 7.05. The summed E-state index contributed by atoms with van der Waals surface area (Å²) in [6.45, 7) is 1.62. The summed E-state index contributed by atoms with van der Waals surface area (Å²) < 4.78 is 4.51. The Hall–Kier alpha value is -1.54. The molecular formula is C11H17N3O4S. The van der Waals surface area contributed by atoms with Crippen LogP contribution in [-0.2, 0) is 9.59 Å². The number of amides is 2. The number of carbonyl (C=O) groups excluding carboxylic acids is 2. The maximum absolute atomic E-state index is 11.5. The van der Waals surface area contributed by atoms with Gasteiger partial charge in [-0.1, -0.05) is 5.16 Å². The first-order chi connectivity index (χ1) is 8.94. The van der Waals surface area contributed by atoms with Crippen molar-refractivity contribution in [1.82, 2.24) is 10.5 Å². The van der Waals surface area contributed by atoms with Gasteiger partial charge >= 0.3 is 11.8 Å². The topological polar surface area (TPSA) is 104 Å². The van der Waals surface area contributed by atoms with Crippen molar-refractivity contribution in [2.45, 2.75) is 18.9 Å². The molecule has 1 atom stereocenters. The molecule has 0 aliphatic heterocycles. The second kappa shape index (κ2) is 7.15. The Morgan fingerprint density at radius 1 is 1.53 bits per heavy atom. The third kappa shape index (κ3) is 5.75. The molecule has 0 saturated heterocycles. The number of aliphatic hydroxyl groups is 1. The van der Waals surface area contributed by atoms with Crippen LogP contribution in [0.3, 0.4) is 0 Å². The molecule has 0 bridgehead atoms. The van der Waals surface area contributed by atoms with Crippen molar-refractivity contribution < 1.29 is 19.2 Å². The Balaban J connectivity index is 2.36. The van der Waals surface area contributed by atoms with Crippen molar-refractivity contribution in [3.05, 3.63) is 12.3 Å². The van der Waals surface area contributed by atoms with Crippen molar-refractivity contribution >= 4 is 29.4 Å². The zero-order valence-electron chi connectivity index (χ0n) is 10.8. The summed E-state index contributed by atoms with van der Waals surface area (Å²) in [5, 5.41) is 18.0. The minimum atomic E-state index is -1.03. The van der Waals surface area contributed by atoms with Crippen molar-refractivity contribution in [2.24, 2.45) is 0 Å². The lowest BCUT2D eigenvalue weighted by atomic mass is 10.0. The van der Waals surface area contributed by atoms with Gasteiger partial charge in [-0.25, -0.2) is 0 Å². The number of rotatable bonds is 6. The molecule has 0 aliphatic rings. The van der Waals surface area contributed by atoms with E-state index in [0.29, 0.717) is 6.42 Å². The van der Waals surface area contributed by atoms with Crippen LogP contribution in [0.4, 0.5) is 5.82 Å². The van der Waals surface area contributed by atoms with E-state index in [4.69, 9.17) is 0 Å². The van der Waals surface area contributed by atoms with Gasteiger partial charge in [-0.15, -0.1) is 0 Å². The summed E-state index contributed by atoms with van der Waals surface area (Å²) in [5.41, 5.74) is -1.03. The highest BCUT2D eigenvalue weighted by Crippen LogP contribution is 2.11. The Kier molecular flexibility index (Phi) is 5.84. The standard InChI is InChI=1S/C11H17N3O4S/c1-11(17,4-6-19-2)7-12-9(15)10(16)13-8-3-5-18-14-8/h3,5,17H,4,6-7H2,1-2H3,(H,12,15)(H,13,14,16). The van der Waals surface area contributed by atoms with Gasteiger partial charge in [0.25, 0.3) is 0 Å². The second-order valence-electron chi connectivity index (χ2n) is 4.26. The second-order valence-corrected chi connectivity index (χ2v) is 5.25. The maximum Gasteiger partial charge on any atom is 0.314 e. The van der Waals surface area contributed by atoms with E-state index in [1.54, 1.807) is 18.7 Å². The van der Waals surface area contributed by atoms with E-state index < -0.39 is 17.4 Å². The van der Waals surface area contributed by atoms with Gasteiger partial charge in [0.2, 0.25) is 0 Å². The number of aromatic nitrogens is 1. The monoisotopic (exact) mass is 287 g/mol. The van der Waals surface area contributed by atoms with E-state index in [2.05, 4.69) is 20.3 Å². The lowest BCUT2D eigenvalue weighted by Gasteiger charge is -2.22. The summed E-state index contributed by atoms with van der Waals surface area (Å²) in [6.07, 6.45) is 3.74. The molecule has 1 rings (SSSR count). The van der Waals surface area contributed by atoms with Crippen molar-refractivity contribution in [2.75, 3.05) is 23.9 Å². The van der Waals surface area contributed by atoms with Crippen molar-refractivity contribution in [1.29, 1.82) is 0 Å². The number of hydrogen-bond acceptors (Lipinski definition) is 6. The summed E-state index contributed by atoms with van der Waals surface area (Å²) in [4.78, 5) is 22.9. The van der Waals surface area contributed by atoms with Gasteiger partial charge in [-0.3, -0.25) is 14.9 Å². The molecule has 3 N–H and O–H groups in total. The Morgan fingerprint density at radius 3 is 2.84 bits per heavy atom. The molecule has 19 heavy (non-hydrogen) atoms. The van der Waals surface area contributed by atoms with Crippen LogP contribution in [0.5, 0.6) is 0 Å². The van der Waals surface area contributed by atoms with Crippen LogP contribution in [0, 0.1) is 0 Å². The minimum Gasteiger partial charge on any atom is -0.388 e. The molecule has 8 heteroatoms. The van der Waals surface area contributed by atoms with Crippen LogP contribution in [0.1, 0.15) is 13.3 Å². The van der Waals surface area contributed by atoms with Gasteiger partial charge in [0.1, 0.15) is 6.26 Å². The van der Waals surface area contributed by atoms with Crippen LogP contribution >= 0.6 is 11.8 Å². The van der Waals surface area contributed by atoms with E-state index in [1.807, 2.05) is 6.26 Å². The molecule has 1 aromatic heterocycles. The average molecular weight is 287 g/mol. The predicted molar refractivity (Wildman–Crippen MR) is 71.8 cm³/mol. The first kappa shape index (κ1) is 15.5. The molecule has 1 heterocycles. The third-order valence-corrected chi connectivity index (χ3v) is 2.97. The summed E-state index contributed by atoms with van der Waals surface area (Å²) in [5.74, 6) is -0.745. The van der Waals surface area contributed by atoms with Gasteiger partial charge in [0.05, 0.1) is 5.60 Å². The van der Waals surface area contributed by atoms with Gasteiger partial charge in [0, 0.05) is 12.6 Å². The van der Waals surface area contributed by atoms with Crippen LogP contribution in [0.15, 0.2) is 16.9 Å². The third-order valence-electron chi connectivity index (χ3n) is 2.36. The zero-order valence-corrected chi connectivity index (χ0v) is 11.6. The van der Waals surface area contributed by atoms with Gasteiger partial charge in [-0.2, -0.15) is 11.8 Å². The first-order valence-electron chi connectivity index (χ1n) is 5.65. The normalized spacial score (nSPS) is 13.6. The van der Waals surface area contributed by atoms with E-state index in [9.17, 15) is 14.7 Å². The molecule has 0 aliphatic carbocycles. The fourth-order valence-corrected chi connectivity index (χ4v) is 1.86. The summed E-state index contributed by atoms with van der Waals surface area (Å²) in [7, 11) is 0. The largest absolute Gasteiger partial charge is 0.388 e. The average Bonchev–Trinajstić information content (AvgIpc) is 2.86. The Labute approximate surface area is 115 Å². The fourth-order valence-electron chi connectivity index (χ4n) is 1.21. The number of nitrogens with one attached hydrogen (secondary N) is 2. The van der Waals surface area contributed by atoms with Crippen LogP contribution in [-0.4, -0.2) is 46.2 Å².